The first kappa shape index (κ1) is 44.0. The molecule has 2 aromatic heterocycles. The summed E-state index contributed by atoms with van der Waals surface area (Å²) in [6.45, 7) is 34.7. The minimum Gasteiger partial charge on any atom is -0.468 e. The number of aryl methyl sites for hydroxylation is 1. The van der Waals surface area contributed by atoms with E-state index < -0.39 is 0 Å². The maximum atomic E-state index is 7.75. The molecule has 0 N–H and O–H groups in total. The zero-order valence-corrected chi connectivity index (χ0v) is 44.7. The number of benzene rings is 5. The number of hydrogen-bond donors (Lipinski definition) is 0. The van der Waals surface area contributed by atoms with Crippen molar-refractivity contribution < 1.29 is 4.42 Å². The average Bonchev–Trinajstić information content (AvgIpc) is 3.87. The van der Waals surface area contributed by atoms with Crippen LogP contribution in [-0.2, 0) is 21.7 Å². The van der Waals surface area contributed by atoms with Gasteiger partial charge in [-0.25, -0.2) is 0 Å². The molecular formula is C64H71BN2OS. The van der Waals surface area contributed by atoms with Crippen molar-refractivity contribution in [2.45, 2.75) is 164 Å². The molecule has 0 radical (unpaired) electrons. The van der Waals surface area contributed by atoms with Gasteiger partial charge in [0.05, 0.1) is 21.7 Å². The topological polar surface area (TPSA) is 19.6 Å². The van der Waals surface area contributed by atoms with Gasteiger partial charge in [-0.05, 0) is 177 Å². The van der Waals surface area contributed by atoms with E-state index in [0.29, 0.717) is 0 Å². The number of rotatable bonds is 2. The highest BCUT2D eigenvalue weighted by atomic mass is 32.1. The van der Waals surface area contributed by atoms with Gasteiger partial charge in [0.25, 0.3) is 6.71 Å². The molecule has 5 heteroatoms. The summed E-state index contributed by atoms with van der Waals surface area (Å²) in [6, 6.07) is 31.4. The van der Waals surface area contributed by atoms with Crippen molar-refractivity contribution in [1.82, 2.24) is 0 Å². The second-order valence-electron chi connectivity index (χ2n) is 26.8. The van der Waals surface area contributed by atoms with Crippen molar-refractivity contribution >= 4 is 94.2 Å². The Bertz CT molecular complexity index is 3490. The van der Waals surface area contributed by atoms with Gasteiger partial charge in [-0.15, -0.1) is 11.3 Å². The normalized spacial score (nSPS) is 23.9. The molecule has 4 aliphatic carbocycles. The smallest absolute Gasteiger partial charge is 0.297 e. The van der Waals surface area contributed by atoms with Crippen molar-refractivity contribution in [3.8, 4) is 0 Å². The highest BCUT2D eigenvalue weighted by molar-refractivity contribution is 7.26. The molecule has 1 atom stereocenters. The molecule has 0 spiro atoms. The minimum atomic E-state index is -0.0986. The Morgan fingerprint density at radius 3 is 1.84 bits per heavy atom. The van der Waals surface area contributed by atoms with Crippen LogP contribution in [0.25, 0.3) is 31.1 Å². The van der Waals surface area contributed by atoms with Gasteiger partial charge in [0, 0.05) is 43.6 Å². The third-order valence-corrected chi connectivity index (χ3v) is 21.0. The summed E-state index contributed by atoms with van der Waals surface area (Å²) in [5.41, 5.74) is 21.8. The standard InChI is InChI=1S/C64H71BN2OS/c1-37-30-49-54-50(31-37)67(47-20-17-19-40-39-18-15-16-21-52(39)69-56(40)47)55-41-33-42-45(61(8,9)27-24-58(42,2)3)36-51(41)68-57(55)65(54)46-34-43-44(60(6,7)26-25-59(43,4)5)35-48(46)66(49)38-22-23-64(14)53(32-38)62(10,11)28-29-63(64,12)13/h15-22,30-36H,23-29H2,1-14H3. The Hall–Kier alpha value is -5.00. The molecule has 7 aromatic rings. The van der Waals surface area contributed by atoms with E-state index in [9.17, 15) is 0 Å². The van der Waals surface area contributed by atoms with Gasteiger partial charge >= 0.3 is 0 Å². The second-order valence-corrected chi connectivity index (χ2v) is 27.8. The summed E-state index contributed by atoms with van der Waals surface area (Å²) in [6.07, 6.45) is 13.4. The maximum Gasteiger partial charge on any atom is 0.297 e. The molecule has 13 rings (SSSR count). The molecule has 69 heavy (non-hydrogen) atoms. The SMILES string of the molecule is Cc1cc2c3c(c1)N(c1cccc4c1sc1ccccc14)c1c(oc4cc5c(cc14)C(C)(C)CCC5(C)C)B3c1cc3c(cc1N2C1=CCC2(C)C(=C1)C(C)(C)CCC2(C)C)C(C)(C)CCC3(C)C. The third kappa shape index (κ3) is 5.86. The highest BCUT2D eigenvalue weighted by Gasteiger charge is 2.54. The first-order valence-electron chi connectivity index (χ1n) is 26.3. The number of allylic oxidation sites excluding steroid dienone is 3. The fraction of sp³-hybridized carbons (Fsp3) is 0.438. The van der Waals surface area contributed by atoms with E-state index in [2.05, 4.69) is 198 Å². The van der Waals surface area contributed by atoms with Crippen molar-refractivity contribution in [3.05, 3.63) is 130 Å². The number of fused-ring (bicyclic) bond motifs is 12. The lowest BCUT2D eigenvalue weighted by molar-refractivity contribution is 0.0402. The van der Waals surface area contributed by atoms with Crippen LogP contribution >= 0.6 is 11.3 Å². The Morgan fingerprint density at radius 2 is 1.14 bits per heavy atom. The monoisotopic (exact) mass is 927 g/mol. The molecule has 1 unspecified atom stereocenters. The Kier molecular flexibility index (Phi) is 8.73. The minimum absolute atomic E-state index is 0.0388. The number of anilines is 5. The van der Waals surface area contributed by atoms with E-state index in [1.54, 1.807) is 5.57 Å². The third-order valence-electron chi connectivity index (χ3n) is 19.8. The van der Waals surface area contributed by atoms with Crippen LogP contribution in [0.1, 0.15) is 163 Å². The molecule has 4 heterocycles. The molecule has 6 aliphatic rings. The fourth-order valence-electron chi connectivity index (χ4n) is 14.7. The number of hydrogen-bond acceptors (Lipinski definition) is 4. The van der Waals surface area contributed by atoms with Crippen LogP contribution in [0.2, 0.25) is 0 Å². The van der Waals surface area contributed by atoms with Gasteiger partial charge < -0.3 is 14.2 Å². The second kappa shape index (κ2) is 13.7. The highest BCUT2D eigenvalue weighted by Crippen LogP contribution is 2.64. The van der Waals surface area contributed by atoms with Gasteiger partial charge in [0.2, 0.25) is 0 Å². The van der Waals surface area contributed by atoms with Gasteiger partial charge in [0.1, 0.15) is 5.58 Å². The molecular weight excluding hydrogens is 856 g/mol. The van der Waals surface area contributed by atoms with Crippen molar-refractivity contribution in [1.29, 1.82) is 0 Å². The summed E-state index contributed by atoms with van der Waals surface area (Å²) in [5.74, 6) is 0. The predicted molar refractivity (Wildman–Crippen MR) is 298 cm³/mol. The van der Waals surface area contributed by atoms with Crippen LogP contribution < -0.4 is 26.4 Å². The van der Waals surface area contributed by atoms with Crippen molar-refractivity contribution in [2.75, 3.05) is 9.80 Å². The zero-order chi connectivity index (χ0) is 48.3. The van der Waals surface area contributed by atoms with Crippen LogP contribution in [-0.4, -0.2) is 6.71 Å². The largest absolute Gasteiger partial charge is 0.468 e. The van der Waals surface area contributed by atoms with Crippen LogP contribution in [0.5, 0.6) is 0 Å². The van der Waals surface area contributed by atoms with Crippen LogP contribution in [0.15, 0.2) is 107 Å². The first-order valence-corrected chi connectivity index (χ1v) is 27.1. The van der Waals surface area contributed by atoms with Gasteiger partial charge in [-0.2, -0.15) is 0 Å². The zero-order valence-electron chi connectivity index (χ0n) is 43.9. The molecule has 3 nitrogen and oxygen atoms in total. The number of thiophene rings is 1. The summed E-state index contributed by atoms with van der Waals surface area (Å²) in [4.78, 5) is 5.40. The molecule has 0 amide bonds. The van der Waals surface area contributed by atoms with E-state index in [0.717, 1.165) is 30.5 Å². The van der Waals surface area contributed by atoms with Crippen LogP contribution in [0.4, 0.5) is 28.4 Å². The summed E-state index contributed by atoms with van der Waals surface area (Å²) >= 11 is 1.93. The Balaban J connectivity index is 1.17. The number of nitrogens with zero attached hydrogens (tertiary/aromatic N) is 2. The van der Waals surface area contributed by atoms with E-state index in [4.69, 9.17) is 4.42 Å². The molecule has 0 saturated heterocycles. The molecule has 0 bridgehead atoms. The lowest BCUT2D eigenvalue weighted by Crippen LogP contribution is -2.62. The molecule has 1 fully saturated rings. The van der Waals surface area contributed by atoms with Crippen molar-refractivity contribution in [3.63, 3.8) is 0 Å². The summed E-state index contributed by atoms with van der Waals surface area (Å²) in [5, 5.41) is 3.87. The quantitative estimate of drug-likeness (QED) is 0.161. The van der Waals surface area contributed by atoms with Crippen LogP contribution in [0, 0.1) is 23.2 Å². The lowest BCUT2D eigenvalue weighted by Gasteiger charge is -2.57. The van der Waals surface area contributed by atoms with E-state index in [1.807, 2.05) is 11.3 Å². The molecule has 2 aliphatic heterocycles. The van der Waals surface area contributed by atoms with E-state index in [-0.39, 0.29) is 44.6 Å². The summed E-state index contributed by atoms with van der Waals surface area (Å²) < 4.78 is 10.4. The lowest BCUT2D eigenvalue weighted by atomic mass is 9.35. The first-order chi connectivity index (χ1) is 32.4. The van der Waals surface area contributed by atoms with E-state index in [1.165, 1.54) is 124 Å². The van der Waals surface area contributed by atoms with Crippen LogP contribution in [0.3, 0.4) is 0 Å². The van der Waals surface area contributed by atoms with Crippen molar-refractivity contribution in [2.24, 2.45) is 16.2 Å². The van der Waals surface area contributed by atoms with Gasteiger partial charge in [0.15, 0.2) is 0 Å². The molecule has 352 valence electrons. The average molecular weight is 927 g/mol. The molecule has 1 saturated carbocycles. The number of furan rings is 1. The van der Waals surface area contributed by atoms with Gasteiger partial charge in [-0.3, -0.25) is 0 Å². The summed E-state index contributed by atoms with van der Waals surface area (Å²) in [7, 11) is 0. The fourth-order valence-corrected chi connectivity index (χ4v) is 15.9. The Morgan fingerprint density at radius 1 is 0.551 bits per heavy atom. The maximum absolute atomic E-state index is 7.75. The van der Waals surface area contributed by atoms with E-state index >= 15 is 0 Å². The molecule has 5 aromatic carbocycles. The Labute approximate surface area is 416 Å². The van der Waals surface area contributed by atoms with Gasteiger partial charge in [-0.1, -0.05) is 138 Å². The predicted octanol–water partition coefficient (Wildman–Crippen LogP) is 16.6.